The minimum absolute atomic E-state index is 0.262. The Morgan fingerprint density at radius 2 is 1.88 bits per heavy atom. The second-order valence-electron chi connectivity index (χ2n) is 7.57. The summed E-state index contributed by atoms with van der Waals surface area (Å²) >= 11 is 0. The first kappa shape index (κ1) is 27.5. The molecule has 1 aliphatic heterocycles. The van der Waals surface area contributed by atoms with Crippen LogP contribution in [0, 0.1) is 0 Å². The van der Waals surface area contributed by atoms with E-state index in [9.17, 15) is 27.9 Å². The van der Waals surface area contributed by atoms with E-state index in [4.69, 9.17) is 4.74 Å². The van der Waals surface area contributed by atoms with Gasteiger partial charge in [0, 0.05) is 6.54 Å². The van der Waals surface area contributed by atoms with Crippen molar-refractivity contribution in [2.45, 2.75) is 57.7 Å². The van der Waals surface area contributed by atoms with Crippen LogP contribution in [-0.2, 0) is 35.6 Å². The summed E-state index contributed by atoms with van der Waals surface area (Å²) < 4.78 is 24.0. The predicted octanol–water partition coefficient (Wildman–Crippen LogP) is 0.509. The highest BCUT2D eigenvalue weighted by Gasteiger charge is 2.36. The van der Waals surface area contributed by atoms with Crippen molar-refractivity contribution >= 4 is 27.9 Å². The molecule has 1 aromatic rings. The van der Waals surface area contributed by atoms with Crippen LogP contribution in [0.3, 0.4) is 0 Å². The van der Waals surface area contributed by atoms with E-state index >= 15 is 0 Å². The molecule has 0 aromatic heterocycles. The number of ether oxygens (including phenoxy) is 1. The van der Waals surface area contributed by atoms with Crippen molar-refractivity contribution in [1.82, 2.24) is 10.2 Å². The van der Waals surface area contributed by atoms with Crippen LogP contribution in [0.4, 0.5) is 0 Å². The lowest BCUT2D eigenvalue weighted by Crippen LogP contribution is -2.53. The number of nitrogens with one attached hydrogen (secondary N) is 1. The number of aliphatic carboxylic acids is 1. The van der Waals surface area contributed by atoms with Gasteiger partial charge in [-0.2, -0.15) is 0 Å². The molecule has 180 valence electrons. The van der Waals surface area contributed by atoms with E-state index in [0.717, 1.165) is 11.8 Å². The summed E-state index contributed by atoms with van der Waals surface area (Å²) in [5.41, 5.74) is 1.10. The van der Waals surface area contributed by atoms with Gasteiger partial charge >= 0.3 is 11.9 Å². The van der Waals surface area contributed by atoms with Crippen LogP contribution >= 0.6 is 0 Å². The Morgan fingerprint density at radius 1 is 1.28 bits per heavy atom. The van der Waals surface area contributed by atoms with Crippen LogP contribution in [0.2, 0.25) is 0 Å². The number of hydrogen-bond acceptors (Lipinski definition) is 7. The number of carboxylic acid groups (broad SMARTS) is 1. The maximum absolute atomic E-state index is 12.7. The minimum Gasteiger partial charge on any atom is -0.480 e. The first-order valence-electron chi connectivity index (χ1n) is 10.4. The number of hydrogen-bond donors (Lipinski definition) is 3. The molecule has 1 fully saturated rings. The van der Waals surface area contributed by atoms with Gasteiger partial charge in [-0.15, -0.1) is 0 Å². The average Bonchev–Trinajstić information content (AvgIpc) is 3.20. The zero-order valence-electron chi connectivity index (χ0n) is 18.7. The first-order chi connectivity index (χ1) is 14.9. The number of nitrogens with two attached hydrogens (primary N) is 1. The average molecular weight is 472 g/mol. The van der Waals surface area contributed by atoms with Gasteiger partial charge in [-0.25, -0.2) is 18.4 Å². The summed E-state index contributed by atoms with van der Waals surface area (Å²) in [6, 6.07) is 7.69. The van der Waals surface area contributed by atoms with Gasteiger partial charge in [0.15, 0.2) is 0 Å². The largest absolute Gasteiger partial charge is 0.480 e. The highest BCUT2D eigenvalue weighted by atomic mass is 32.2. The van der Waals surface area contributed by atoms with Crippen molar-refractivity contribution in [2.75, 3.05) is 19.4 Å². The van der Waals surface area contributed by atoms with Crippen molar-refractivity contribution in [3.8, 4) is 0 Å². The van der Waals surface area contributed by atoms with E-state index in [0.29, 0.717) is 32.2 Å². The number of benzene rings is 1. The Balaban J connectivity index is 0.000000920. The van der Waals surface area contributed by atoms with Gasteiger partial charge in [-0.1, -0.05) is 30.3 Å². The zero-order chi connectivity index (χ0) is 24.3. The topological polar surface area (TPSA) is 156 Å². The summed E-state index contributed by atoms with van der Waals surface area (Å²) in [5.74, 6) is -1.68. The molecule has 10 nitrogen and oxygen atoms in total. The number of sulfonamides is 1. The lowest BCUT2D eigenvalue weighted by atomic mass is 10.0. The third-order valence-corrected chi connectivity index (χ3v) is 4.78. The number of carbonyl (C=O) groups is 3. The molecule has 0 aliphatic carbocycles. The molecule has 0 spiro atoms. The molecule has 0 saturated carbocycles. The van der Waals surface area contributed by atoms with Crippen LogP contribution in [0.15, 0.2) is 30.3 Å². The third-order valence-electron chi connectivity index (χ3n) is 4.78. The van der Waals surface area contributed by atoms with Crippen molar-refractivity contribution in [3.63, 3.8) is 0 Å². The normalized spacial score (nSPS) is 17.6. The number of carbonyl (C=O) groups excluding carboxylic acids is 2. The molecule has 1 saturated heterocycles. The van der Waals surface area contributed by atoms with Gasteiger partial charge < -0.3 is 14.7 Å². The third kappa shape index (κ3) is 10.2. The van der Waals surface area contributed by atoms with E-state index in [-0.39, 0.29) is 12.5 Å². The van der Waals surface area contributed by atoms with Crippen molar-refractivity contribution in [1.29, 1.82) is 0 Å². The van der Waals surface area contributed by atoms with E-state index in [1.54, 1.807) is 13.8 Å². The molecular formula is C21H33N3O7S. The van der Waals surface area contributed by atoms with Gasteiger partial charge in [-0.3, -0.25) is 14.9 Å². The summed E-state index contributed by atoms with van der Waals surface area (Å²) in [7, 11) is -3.17. The number of amides is 1. The van der Waals surface area contributed by atoms with Gasteiger partial charge in [0.2, 0.25) is 15.9 Å². The quantitative estimate of drug-likeness (QED) is 0.440. The van der Waals surface area contributed by atoms with Crippen molar-refractivity contribution < 1.29 is 32.6 Å². The molecular weight excluding hydrogens is 438 g/mol. The van der Waals surface area contributed by atoms with Crippen molar-refractivity contribution in [2.24, 2.45) is 5.14 Å². The molecule has 1 aliphatic rings. The molecule has 2 rings (SSSR count). The highest BCUT2D eigenvalue weighted by Crippen LogP contribution is 2.19. The van der Waals surface area contributed by atoms with Crippen LogP contribution in [0.1, 0.15) is 38.7 Å². The molecule has 32 heavy (non-hydrogen) atoms. The van der Waals surface area contributed by atoms with Crippen LogP contribution in [0.5, 0.6) is 0 Å². The summed E-state index contributed by atoms with van der Waals surface area (Å²) in [6.45, 7) is 4.09. The standard InChI is InChI=1S/C20H28N2O5.CH5NO2S/c1-3-27-20(26)16(12-11-15-8-5-4-6-9-15)21-14(2)18(23)22-13-7-10-17(22)19(24)25;1-5(2,3)4/h4-6,8-9,14,16-17,21H,3,7,10-13H2,1-2H3,(H,24,25);1H3,(H2,2,3,4)/t14-,16?,17-;/m0./s1. The minimum atomic E-state index is -3.17. The zero-order valence-corrected chi connectivity index (χ0v) is 19.5. The second-order valence-corrected chi connectivity index (χ2v) is 9.23. The highest BCUT2D eigenvalue weighted by molar-refractivity contribution is 7.88. The van der Waals surface area contributed by atoms with Gasteiger partial charge in [0.1, 0.15) is 12.1 Å². The maximum Gasteiger partial charge on any atom is 0.326 e. The van der Waals surface area contributed by atoms with E-state index in [2.05, 4.69) is 10.5 Å². The Hall–Kier alpha value is -2.50. The Kier molecular flexibility index (Phi) is 11.3. The number of rotatable bonds is 9. The van der Waals surface area contributed by atoms with Crippen LogP contribution < -0.4 is 10.5 Å². The van der Waals surface area contributed by atoms with Gasteiger partial charge in [0.05, 0.1) is 18.9 Å². The molecule has 11 heteroatoms. The first-order valence-corrected chi connectivity index (χ1v) is 12.4. The number of carboxylic acids is 1. The number of nitrogens with zero attached hydrogens (tertiary/aromatic N) is 1. The molecule has 4 N–H and O–H groups in total. The summed E-state index contributed by atoms with van der Waals surface area (Å²) in [4.78, 5) is 37.7. The fourth-order valence-corrected chi connectivity index (χ4v) is 3.38. The van der Waals surface area contributed by atoms with E-state index in [1.165, 1.54) is 4.90 Å². The van der Waals surface area contributed by atoms with E-state index < -0.39 is 40.1 Å². The number of aryl methyl sites for hydroxylation is 1. The molecule has 1 heterocycles. The Morgan fingerprint density at radius 3 is 2.41 bits per heavy atom. The molecule has 0 bridgehead atoms. The van der Waals surface area contributed by atoms with E-state index in [1.807, 2.05) is 30.3 Å². The van der Waals surface area contributed by atoms with Crippen LogP contribution in [-0.4, -0.2) is 73.8 Å². The maximum atomic E-state index is 12.7. The molecule has 1 unspecified atom stereocenters. The second kappa shape index (κ2) is 13.1. The molecule has 0 radical (unpaired) electrons. The number of likely N-dealkylation sites (tertiary alicyclic amines) is 1. The smallest absolute Gasteiger partial charge is 0.326 e. The monoisotopic (exact) mass is 471 g/mol. The van der Waals surface area contributed by atoms with Gasteiger partial charge in [-0.05, 0) is 45.1 Å². The molecule has 1 aromatic carbocycles. The fourth-order valence-electron chi connectivity index (χ4n) is 3.38. The van der Waals surface area contributed by atoms with Crippen molar-refractivity contribution in [3.05, 3.63) is 35.9 Å². The summed E-state index contributed by atoms with van der Waals surface area (Å²) in [5, 5.41) is 16.7. The summed E-state index contributed by atoms with van der Waals surface area (Å²) in [6.07, 6.45) is 3.23. The SMILES string of the molecule is CCOC(=O)C(CCc1ccccc1)N[C@@H](C)C(=O)N1CCC[C@H]1C(=O)O.CS(N)(=O)=O. The molecule has 1 amide bonds. The Labute approximate surface area is 189 Å². The molecule has 3 atom stereocenters. The predicted molar refractivity (Wildman–Crippen MR) is 119 cm³/mol. The fraction of sp³-hybridized carbons (Fsp3) is 0.571. The van der Waals surface area contributed by atoms with Crippen LogP contribution in [0.25, 0.3) is 0 Å². The Bertz CT molecular complexity index is 853. The number of esters is 1. The lowest BCUT2D eigenvalue weighted by molar-refractivity contribution is -0.150. The lowest BCUT2D eigenvalue weighted by Gasteiger charge is -2.27. The van der Waals surface area contributed by atoms with Gasteiger partial charge in [0.25, 0.3) is 0 Å². The number of primary sulfonamides is 1.